The van der Waals surface area contributed by atoms with Crippen molar-refractivity contribution >= 4 is 5.78 Å². The van der Waals surface area contributed by atoms with Gasteiger partial charge in [0.15, 0.2) is 5.78 Å². The average Bonchev–Trinajstić information content (AvgIpc) is 2.78. The summed E-state index contributed by atoms with van der Waals surface area (Å²) in [5.41, 5.74) is -0.249. The average molecular weight is 234 g/mol. The van der Waals surface area contributed by atoms with Crippen LogP contribution >= 0.6 is 0 Å². The lowest BCUT2D eigenvalue weighted by Gasteiger charge is -2.20. The number of para-hydroxylation sites is 1. The quantitative estimate of drug-likeness (QED) is 0.868. The van der Waals surface area contributed by atoms with Crippen LogP contribution in [-0.2, 0) is 11.2 Å². The fraction of sp³-hybridized carbons (Fsp3) is 0.500. The summed E-state index contributed by atoms with van der Waals surface area (Å²) in [6.07, 6.45) is 3.32. The summed E-state index contributed by atoms with van der Waals surface area (Å²) in [4.78, 5) is 12.1. The molecule has 0 unspecified atom stereocenters. The molecule has 1 aliphatic carbocycles. The van der Waals surface area contributed by atoms with E-state index in [0.29, 0.717) is 18.6 Å². The van der Waals surface area contributed by atoms with Gasteiger partial charge in [-0.05, 0) is 31.7 Å². The zero-order chi connectivity index (χ0) is 12.3. The molecule has 3 heteroatoms. The number of hydrogen-bond donors (Lipinski definition) is 1. The van der Waals surface area contributed by atoms with E-state index in [0.717, 1.165) is 18.4 Å². The standard InChI is InChI=1S/C14H18O3/c1-17-12-7-3-2-6-11(12)10-13(15)14(16)8-4-5-9-14/h2-3,6-7,16H,4-5,8-10H2,1H3. The van der Waals surface area contributed by atoms with E-state index in [2.05, 4.69) is 0 Å². The van der Waals surface area contributed by atoms with Crippen LogP contribution in [0.15, 0.2) is 24.3 Å². The summed E-state index contributed by atoms with van der Waals surface area (Å²) in [5, 5.41) is 10.2. The zero-order valence-electron chi connectivity index (χ0n) is 10.1. The van der Waals surface area contributed by atoms with E-state index in [1.165, 1.54) is 0 Å². The molecule has 1 aliphatic rings. The van der Waals surface area contributed by atoms with Crippen molar-refractivity contribution in [2.45, 2.75) is 37.7 Å². The first-order chi connectivity index (χ1) is 8.15. The van der Waals surface area contributed by atoms with E-state index in [1.807, 2.05) is 24.3 Å². The number of benzene rings is 1. The van der Waals surface area contributed by atoms with Gasteiger partial charge in [0.1, 0.15) is 11.4 Å². The Balaban J connectivity index is 2.12. The van der Waals surface area contributed by atoms with Crippen LogP contribution in [0, 0.1) is 0 Å². The van der Waals surface area contributed by atoms with Crippen molar-refractivity contribution in [3.63, 3.8) is 0 Å². The lowest BCUT2D eigenvalue weighted by molar-refractivity contribution is -0.136. The summed E-state index contributed by atoms with van der Waals surface area (Å²) in [6.45, 7) is 0. The Kier molecular flexibility index (Phi) is 3.48. The van der Waals surface area contributed by atoms with Crippen LogP contribution in [0.5, 0.6) is 5.75 Å². The molecule has 0 aromatic heterocycles. The Bertz CT molecular complexity index is 406. The maximum absolute atomic E-state index is 12.1. The van der Waals surface area contributed by atoms with Gasteiger partial charge in [-0.3, -0.25) is 4.79 Å². The molecule has 1 saturated carbocycles. The molecule has 0 heterocycles. The highest BCUT2D eigenvalue weighted by Crippen LogP contribution is 2.32. The predicted octanol–water partition coefficient (Wildman–Crippen LogP) is 2.11. The summed E-state index contributed by atoms with van der Waals surface area (Å²) >= 11 is 0. The molecule has 0 aliphatic heterocycles. The Morgan fingerprint density at radius 1 is 1.35 bits per heavy atom. The van der Waals surface area contributed by atoms with Gasteiger partial charge >= 0.3 is 0 Å². The summed E-state index contributed by atoms with van der Waals surface area (Å²) < 4.78 is 5.21. The first kappa shape index (κ1) is 12.1. The summed E-state index contributed by atoms with van der Waals surface area (Å²) in [6, 6.07) is 7.46. The molecule has 0 bridgehead atoms. The second-order valence-electron chi connectivity index (χ2n) is 4.65. The maximum Gasteiger partial charge on any atom is 0.168 e. The maximum atomic E-state index is 12.1. The molecular formula is C14H18O3. The first-order valence-corrected chi connectivity index (χ1v) is 6.03. The molecule has 2 rings (SSSR count). The van der Waals surface area contributed by atoms with Gasteiger partial charge in [0, 0.05) is 12.0 Å². The molecule has 1 aromatic carbocycles. The normalized spacial score (nSPS) is 18.0. The van der Waals surface area contributed by atoms with Gasteiger partial charge in [0.05, 0.1) is 7.11 Å². The minimum atomic E-state index is -1.10. The second-order valence-corrected chi connectivity index (χ2v) is 4.65. The Hall–Kier alpha value is -1.35. The molecule has 3 nitrogen and oxygen atoms in total. The molecule has 0 radical (unpaired) electrons. The van der Waals surface area contributed by atoms with Crippen LogP contribution in [0.1, 0.15) is 31.2 Å². The number of ketones is 1. The fourth-order valence-electron chi connectivity index (χ4n) is 2.43. The molecule has 1 N–H and O–H groups in total. The van der Waals surface area contributed by atoms with Crippen LogP contribution < -0.4 is 4.74 Å². The van der Waals surface area contributed by atoms with Gasteiger partial charge in [-0.1, -0.05) is 18.2 Å². The Morgan fingerprint density at radius 2 is 2.00 bits per heavy atom. The fourth-order valence-corrected chi connectivity index (χ4v) is 2.43. The van der Waals surface area contributed by atoms with Crippen molar-refractivity contribution in [2.24, 2.45) is 0 Å². The highest BCUT2D eigenvalue weighted by Gasteiger charge is 2.38. The summed E-state index contributed by atoms with van der Waals surface area (Å²) in [7, 11) is 1.59. The number of ether oxygens (including phenoxy) is 1. The van der Waals surface area contributed by atoms with Gasteiger partial charge in [-0.2, -0.15) is 0 Å². The van der Waals surface area contributed by atoms with Gasteiger partial charge < -0.3 is 9.84 Å². The SMILES string of the molecule is COc1ccccc1CC(=O)C1(O)CCCC1. The lowest BCUT2D eigenvalue weighted by Crippen LogP contribution is -2.36. The van der Waals surface area contributed by atoms with Crippen molar-refractivity contribution < 1.29 is 14.6 Å². The lowest BCUT2D eigenvalue weighted by atomic mass is 9.91. The molecule has 0 spiro atoms. The van der Waals surface area contributed by atoms with Crippen LogP contribution in [0.4, 0.5) is 0 Å². The van der Waals surface area contributed by atoms with Gasteiger partial charge in [-0.15, -0.1) is 0 Å². The molecule has 1 aromatic rings. The monoisotopic (exact) mass is 234 g/mol. The van der Waals surface area contributed by atoms with Crippen LogP contribution in [0.3, 0.4) is 0 Å². The number of aliphatic hydroxyl groups is 1. The first-order valence-electron chi connectivity index (χ1n) is 6.03. The highest BCUT2D eigenvalue weighted by molar-refractivity contribution is 5.89. The number of carbonyl (C=O) groups excluding carboxylic acids is 1. The van der Waals surface area contributed by atoms with Crippen molar-refractivity contribution in [1.29, 1.82) is 0 Å². The van der Waals surface area contributed by atoms with E-state index in [9.17, 15) is 9.90 Å². The minimum Gasteiger partial charge on any atom is -0.496 e. The molecule has 17 heavy (non-hydrogen) atoms. The third kappa shape index (κ3) is 2.50. The molecular weight excluding hydrogens is 216 g/mol. The molecule has 92 valence electrons. The topological polar surface area (TPSA) is 46.5 Å². The van der Waals surface area contributed by atoms with Gasteiger partial charge in [-0.25, -0.2) is 0 Å². The van der Waals surface area contributed by atoms with E-state index in [1.54, 1.807) is 7.11 Å². The number of rotatable bonds is 4. The van der Waals surface area contributed by atoms with Crippen molar-refractivity contribution in [3.05, 3.63) is 29.8 Å². The molecule has 1 fully saturated rings. The molecule has 0 atom stereocenters. The Labute approximate surface area is 101 Å². The van der Waals surface area contributed by atoms with Crippen LogP contribution in [-0.4, -0.2) is 23.6 Å². The predicted molar refractivity (Wildman–Crippen MR) is 65.1 cm³/mol. The van der Waals surface area contributed by atoms with E-state index in [-0.39, 0.29) is 12.2 Å². The third-order valence-electron chi connectivity index (χ3n) is 3.49. The van der Waals surface area contributed by atoms with Crippen molar-refractivity contribution in [2.75, 3.05) is 7.11 Å². The zero-order valence-corrected chi connectivity index (χ0v) is 10.1. The van der Waals surface area contributed by atoms with Crippen molar-refractivity contribution in [3.8, 4) is 5.75 Å². The third-order valence-corrected chi connectivity index (χ3v) is 3.49. The summed E-state index contributed by atoms with van der Waals surface area (Å²) in [5.74, 6) is 0.627. The van der Waals surface area contributed by atoms with Gasteiger partial charge in [0.2, 0.25) is 0 Å². The second kappa shape index (κ2) is 4.88. The number of carbonyl (C=O) groups is 1. The van der Waals surface area contributed by atoms with Crippen LogP contribution in [0.2, 0.25) is 0 Å². The molecule has 0 amide bonds. The minimum absolute atomic E-state index is 0.0838. The smallest absolute Gasteiger partial charge is 0.168 e. The molecule has 0 saturated heterocycles. The van der Waals surface area contributed by atoms with Crippen molar-refractivity contribution in [1.82, 2.24) is 0 Å². The van der Waals surface area contributed by atoms with E-state index in [4.69, 9.17) is 4.74 Å². The highest BCUT2D eigenvalue weighted by atomic mass is 16.5. The number of methoxy groups -OCH3 is 1. The number of hydrogen-bond acceptors (Lipinski definition) is 3. The number of Topliss-reactive ketones (excluding diaryl/α,β-unsaturated/α-hetero) is 1. The largest absolute Gasteiger partial charge is 0.496 e. The Morgan fingerprint density at radius 3 is 2.65 bits per heavy atom. The van der Waals surface area contributed by atoms with Gasteiger partial charge in [0.25, 0.3) is 0 Å². The van der Waals surface area contributed by atoms with E-state index >= 15 is 0 Å². The van der Waals surface area contributed by atoms with Crippen LogP contribution in [0.25, 0.3) is 0 Å². The van der Waals surface area contributed by atoms with E-state index < -0.39 is 5.60 Å².